The first-order valence-electron chi connectivity index (χ1n) is 5.73. The van der Waals surface area contributed by atoms with Crippen LogP contribution in [0.4, 0.5) is 13.2 Å². The average Bonchev–Trinajstić information content (AvgIpc) is 2.34. The normalized spacial score (nSPS) is 12.3. The number of halogens is 3. The largest absolute Gasteiger partial charge is 0.392 e. The molecule has 0 fully saturated rings. The van der Waals surface area contributed by atoms with E-state index in [4.69, 9.17) is 5.11 Å². The van der Waals surface area contributed by atoms with Gasteiger partial charge in [-0.15, -0.1) is 0 Å². The van der Waals surface area contributed by atoms with Gasteiger partial charge >= 0.3 is 0 Å². The predicted molar refractivity (Wildman–Crippen MR) is 63.2 cm³/mol. The summed E-state index contributed by atoms with van der Waals surface area (Å²) < 4.78 is 38.5. The highest BCUT2D eigenvalue weighted by atomic mass is 19.2. The van der Waals surface area contributed by atoms with Crippen molar-refractivity contribution < 1.29 is 23.1 Å². The Morgan fingerprint density at radius 3 is 2.37 bits per heavy atom. The number of amides is 1. The molecular weight excluding hydrogens is 261 g/mol. The monoisotopic (exact) mass is 276 g/mol. The molecule has 1 aromatic carbocycles. The highest BCUT2D eigenvalue weighted by Gasteiger charge is 2.14. The predicted octanol–water partition coefficient (Wildman–Crippen LogP) is 0.804. The summed E-state index contributed by atoms with van der Waals surface area (Å²) in [5.41, 5.74) is -0.285. The molecule has 0 heterocycles. The van der Waals surface area contributed by atoms with Crippen molar-refractivity contribution in [3.63, 3.8) is 0 Å². The van der Waals surface area contributed by atoms with E-state index >= 15 is 0 Å². The Balaban J connectivity index is 2.46. The van der Waals surface area contributed by atoms with Gasteiger partial charge < -0.3 is 15.7 Å². The molecule has 0 saturated carbocycles. The minimum Gasteiger partial charge on any atom is -0.392 e. The smallest absolute Gasteiger partial charge is 0.251 e. The summed E-state index contributed by atoms with van der Waals surface area (Å²) in [6.45, 7) is 2.58. The van der Waals surface area contributed by atoms with Crippen LogP contribution < -0.4 is 10.6 Å². The average molecular weight is 276 g/mol. The van der Waals surface area contributed by atoms with Crippen molar-refractivity contribution in [2.75, 3.05) is 19.6 Å². The number of hydrogen-bond acceptors (Lipinski definition) is 3. The lowest BCUT2D eigenvalue weighted by Crippen LogP contribution is -2.34. The Kier molecular flexibility index (Phi) is 5.78. The number of carbonyl (C=O) groups is 1. The topological polar surface area (TPSA) is 61.4 Å². The van der Waals surface area contributed by atoms with Crippen LogP contribution in [-0.2, 0) is 0 Å². The third-order valence-corrected chi connectivity index (χ3v) is 2.27. The summed E-state index contributed by atoms with van der Waals surface area (Å²) in [5, 5.41) is 14.2. The van der Waals surface area contributed by atoms with Gasteiger partial charge in [0.25, 0.3) is 5.91 Å². The number of nitrogens with one attached hydrogen (secondary N) is 2. The van der Waals surface area contributed by atoms with Crippen LogP contribution in [0.25, 0.3) is 0 Å². The van der Waals surface area contributed by atoms with Gasteiger partial charge in [-0.25, -0.2) is 13.2 Å². The fraction of sp³-hybridized carbons (Fsp3) is 0.417. The van der Waals surface area contributed by atoms with Crippen LogP contribution in [-0.4, -0.2) is 36.8 Å². The molecule has 4 nitrogen and oxygen atoms in total. The number of aliphatic hydroxyl groups is 1. The minimum absolute atomic E-state index is 0.214. The lowest BCUT2D eigenvalue weighted by atomic mass is 10.2. The van der Waals surface area contributed by atoms with Crippen LogP contribution in [0.2, 0.25) is 0 Å². The molecule has 0 radical (unpaired) electrons. The molecule has 3 N–H and O–H groups in total. The van der Waals surface area contributed by atoms with Crippen LogP contribution in [0.1, 0.15) is 17.3 Å². The number of hydrogen-bond donors (Lipinski definition) is 3. The van der Waals surface area contributed by atoms with E-state index in [1.807, 2.05) is 0 Å². The summed E-state index contributed by atoms with van der Waals surface area (Å²) in [5.74, 6) is -5.11. The van der Waals surface area contributed by atoms with Gasteiger partial charge in [0.1, 0.15) is 0 Å². The van der Waals surface area contributed by atoms with Crippen LogP contribution in [0, 0.1) is 17.5 Å². The summed E-state index contributed by atoms with van der Waals surface area (Å²) in [4.78, 5) is 11.5. The van der Waals surface area contributed by atoms with Crippen LogP contribution in [0.15, 0.2) is 12.1 Å². The molecule has 0 aromatic heterocycles. The van der Waals surface area contributed by atoms with Gasteiger partial charge in [0.15, 0.2) is 17.5 Å². The molecule has 1 rings (SSSR count). The highest BCUT2D eigenvalue weighted by Crippen LogP contribution is 2.13. The van der Waals surface area contributed by atoms with E-state index in [9.17, 15) is 18.0 Å². The number of rotatable bonds is 6. The Morgan fingerprint density at radius 2 is 1.84 bits per heavy atom. The Labute approximate surface area is 108 Å². The molecule has 0 saturated heterocycles. The summed E-state index contributed by atoms with van der Waals surface area (Å²) >= 11 is 0. The Morgan fingerprint density at radius 1 is 1.26 bits per heavy atom. The molecule has 0 aliphatic rings. The van der Waals surface area contributed by atoms with Crippen molar-refractivity contribution in [2.45, 2.75) is 13.0 Å². The first-order valence-corrected chi connectivity index (χ1v) is 5.73. The van der Waals surface area contributed by atoms with E-state index in [1.54, 1.807) is 6.92 Å². The molecule has 0 aliphatic carbocycles. The van der Waals surface area contributed by atoms with Gasteiger partial charge in [0, 0.05) is 25.2 Å². The van der Waals surface area contributed by atoms with E-state index in [-0.39, 0.29) is 12.1 Å². The first-order chi connectivity index (χ1) is 8.91. The lowest BCUT2D eigenvalue weighted by molar-refractivity contribution is 0.0952. The van der Waals surface area contributed by atoms with Gasteiger partial charge in [0.05, 0.1) is 6.10 Å². The number of benzene rings is 1. The molecule has 0 aliphatic heterocycles. The number of carbonyl (C=O) groups excluding carboxylic acids is 1. The molecule has 19 heavy (non-hydrogen) atoms. The Hall–Kier alpha value is -1.60. The third kappa shape index (κ3) is 4.88. The van der Waals surface area contributed by atoms with Gasteiger partial charge in [-0.3, -0.25) is 4.79 Å². The van der Waals surface area contributed by atoms with Gasteiger partial charge in [-0.2, -0.15) is 0 Å². The van der Waals surface area contributed by atoms with E-state index in [2.05, 4.69) is 10.6 Å². The van der Waals surface area contributed by atoms with Crippen molar-refractivity contribution in [1.29, 1.82) is 0 Å². The van der Waals surface area contributed by atoms with Gasteiger partial charge in [0.2, 0.25) is 0 Å². The highest BCUT2D eigenvalue weighted by molar-refractivity contribution is 5.94. The van der Waals surface area contributed by atoms with E-state index < -0.39 is 29.5 Å². The molecule has 1 aromatic rings. The minimum atomic E-state index is -1.60. The van der Waals surface area contributed by atoms with Gasteiger partial charge in [-0.1, -0.05) is 0 Å². The molecular formula is C12H15F3N2O2. The SMILES string of the molecule is CC(O)CNCCNC(=O)c1cc(F)c(F)c(F)c1. The molecule has 106 valence electrons. The van der Waals surface area contributed by atoms with Crippen molar-refractivity contribution >= 4 is 5.91 Å². The van der Waals surface area contributed by atoms with Crippen molar-refractivity contribution in [1.82, 2.24) is 10.6 Å². The lowest BCUT2D eigenvalue weighted by Gasteiger charge is -2.08. The maximum absolute atomic E-state index is 12.9. The van der Waals surface area contributed by atoms with Crippen LogP contribution in [0.5, 0.6) is 0 Å². The fourth-order valence-corrected chi connectivity index (χ4v) is 1.36. The van der Waals surface area contributed by atoms with Crippen molar-refractivity contribution in [3.8, 4) is 0 Å². The second kappa shape index (κ2) is 7.10. The maximum Gasteiger partial charge on any atom is 0.251 e. The summed E-state index contributed by atoms with van der Waals surface area (Å²) in [6, 6.07) is 1.27. The molecule has 1 unspecified atom stereocenters. The molecule has 7 heteroatoms. The molecule has 1 atom stereocenters. The first kappa shape index (κ1) is 15.5. The zero-order valence-corrected chi connectivity index (χ0v) is 10.3. The van der Waals surface area contributed by atoms with E-state index in [1.165, 1.54) is 0 Å². The summed E-state index contributed by atoms with van der Waals surface area (Å²) in [6.07, 6.45) is -0.504. The second-order valence-corrected chi connectivity index (χ2v) is 4.06. The second-order valence-electron chi connectivity index (χ2n) is 4.06. The standard InChI is InChI=1S/C12H15F3N2O2/c1-7(18)6-16-2-3-17-12(19)8-4-9(13)11(15)10(14)5-8/h4-5,7,16,18H,2-3,6H2,1H3,(H,17,19). The quantitative estimate of drug-likeness (QED) is 0.532. The maximum atomic E-state index is 12.9. The summed E-state index contributed by atoms with van der Waals surface area (Å²) in [7, 11) is 0. The zero-order chi connectivity index (χ0) is 14.4. The third-order valence-electron chi connectivity index (χ3n) is 2.27. The molecule has 0 spiro atoms. The zero-order valence-electron chi connectivity index (χ0n) is 10.3. The number of aliphatic hydroxyl groups excluding tert-OH is 1. The van der Waals surface area contributed by atoms with Crippen molar-refractivity contribution in [2.24, 2.45) is 0 Å². The molecule has 0 bridgehead atoms. The Bertz CT molecular complexity index is 430. The molecule has 1 amide bonds. The van der Waals surface area contributed by atoms with Crippen LogP contribution >= 0.6 is 0 Å². The van der Waals surface area contributed by atoms with Gasteiger partial charge in [-0.05, 0) is 19.1 Å². The fourth-order valence-electron chi connectivity index (χ4n) is 1.36. The van der Waals surface area contributed by atoms with E-state index in [0.717, 1.165) is 0 Å². The van der Waals surface area contributed by atoms with Crippen molar-refractivity contribution in [3.05, 3.63) is 35.1 Å². The van der Waals surface area contributed by atoms with Crippen LogP contribution in [0.3, 0.4) is 0 Å². The van der Waals surface area contributed by atoms with E-state index in [0.29, 0.717) is 25.2 Å².